The first-order chi connectivity index (χ1) is 32.4. The Labute approximate surface area is 388 Å². The molecular weight excluding hydrogens is 797 g/mol. The van der Waals surface area contributed by atoms with Crippen molar-refractivity contribution < 1.29 is 0 Å². The van der Waals surface area contributed by atoms with Crippen molar-refractivity contribution in [3.63, 3.8) is 0 Å². The Hall–Kier alpha value is -8.20. The van der Waals surface area contributed by atoms with Crippen LogP contribution in [0, 0.1) is 0 Å². The van der Waals surface area contributed by atoms with E-state index in [0.717, 1.165) is 46.1 Å². The summed E-state index contributed by atoms with van der Waals surface area (Å²) < 4.78 is 0. The van der Waals surface area contributed by atoms with Gasteiger partial charge in [0, 0.05) is 33.9 Å². The summed E-state index contributed by atoms with van der Waals surface area (Å²) in [5, 5.41) is 5.18. The fourth-order valence-electron chi connectivity index (χ4n) is 10.2. The van der Waals surface area contributed by atoms with E-state index in [4.69, 9.17) is 0 Å². The summed E-state index contributed by atoms with van der Waals surface area (Å²) in [4.78, 5) is 4.61. The molecule has 0 heterocycles. The predicted octanol–water partition coefficient (Wildman–Crippen LogP) is 17.6. The molecule has 0 N–H and O–H groups in total. The Morgan fingerprint density at radius 3 is 1.59 bits per heavy atom. The zero-order valence-corrected chi connectivity index (χ0v) is 37.4. The molecule has 2 aliphatic rings. The van der Waals surface area contributed by atoms with E-state index in [0.29, 0.717) is 0 Å². The van der Waals surface area contributed by atoms with Gasteiger partial charge in [-0.2, -0.15) is 0 Å². The third-order valence-electron chi connectivity index (χ3n) is 13.4. The third kappa shape index (κ3) is 7.27. The van der Waals surface area contributed by atoms with Crippen LogP contribution in [0.1, 0.15) is 37.0 Å². The van der Waals surface area contributed by atoms with Crippen molar-refractivity contribution in [2.75, 3.05) is 9.80 Å². The highest BCUT2D eigenvalue weighted by atomic mass is 15.2. The van der Waals surface area contributed by atoms with Crippen LogP contribution in [0.25, 0.3) is 49.4 Å². The SMILES string of the molecule is C=C1/C=C\C=C/C/C(c2ccc3c(c2)C(C)(C)c2c-3c3ccccc3c3cc(-c4ccc(N(c5ccccc5)c5ccccc5)cc4)ccc23)=C\C=C/1N(c1ccccc1)c1ccccc1. The lowest BCUT2D eigenvalue weighted by Crippen LogP contribution is -2.17. The number of hydrogen-bond donors (Lipinski definition) is 0. The maximum Gasteiger partial charge on any atom is 0.0528 e. The summed E-state index contributed by atoms with van der Waals surface area (Å²) in [6.07, 6.45) is 14.0. The zero-order chi connectivity index (χ0) is 44.6. The lowest BCUT2D eigenvalue weighted by Gasteiger charge is -2.28. The molecule has 0 aliphatic heterocycles. The zero-order valence-electron chi connectivity index (χ0n) is 37.4. The third-order valence-corrected chi connectivity index (χ3v) is 13.4. The average Bonchev–Trinajstić information content (AvgIpc) is 3.61. The summed E-state index contributed by atoms with van der Waals surface area (Å²) in [5.41, 5.74) is 17.6. The molecule has 0 fully saturated rings. The summed E-state index contributed by atoms with van der Waals surface area (Å²) in [5.74, 6) is 0. The number of nitrogens with zero attached hydrogens (tertiary/aromatic N) is 2. The molecule has 9 aromatic carbocycles. The van der Waals surface area contributed by atoms with E-state index in [-0.39, 0.29) is 5.41 Å². The van der Waals surface area contributed by atoms with Crippen LogP contribution in [0.3, 0.4) is 0 Å². The average molecular weight is 847 g/mol. The first-order valence-electron chi connectivity index (χ1n) is 22.9. The second-order valence-corrected chi connectivity index (χ2v) is 17.8. The maximum absolute atomic E-state index is 4.57. The predicted molar refractivity (Wildman–Crippen MR) is 282 cm³/mol. The standard InChI is InChI=1S/C64H50N2/c1-45-21-9-4-10-22-46(37-42-61(45)66(52-27-15-7-16-28-52)53-29-17-8-18-30-53)49-36-41-58-60(44-49)64(2,3)63-57-40-35-48(43-59(57)55-31-19-20-32-56(55)62(58)63)47-33-38-54(39-34-47)65(50-23-11-5-12-24-50)51-25-13-6-14-26-51/h4-21,23-44H,1,22H2,2-3H3/b10-4-,21-9-,46-37+,61-42+. The summed E-state index contributed by atoms with van der Waals surface area (Å²) in [6.45, 7) is 9.40. The highest BCUT2D eigenvalue weighted by Gasteiger charge is 2.38. The van der Waals surface area contributed by atoms with Gasteiger partial charge in [-0.1, -0.05) is 184 Å². The van der Waals surface area contributed by atoms with E-state index in [2.05, 4.69) is 273 Å². The lowest BCUT2D eigenvalue weighted by atomic mass is 9.78. The van der Waals surface area contributed by atoms with Gasteiger partial charge in [-0.25, -0.2) is 0 Å². The molecule has 0 atom stereocenters. The quantitative estimate of drug-likeness (QED) is 0.141. The second kappa shape index (κ2) is 17.1. The topological polar surface area (TPSA) is 6.48 Å². The molecule has 0 amide bonds. The Morgan fingerprint density at radius 2 is 0.970 bits per heavy atom. The number of fused-ring (bicyclic) bond motifs is 8. The first kappa shape index (κ1) is 40.6. The van der Waals surface area contributed by atoms with Gasteiger partial charge in [0.2, 0.25) is 0 Å². The fourth-order valence-corrected chi connectivity index (χ4v) is 10.2. The van der Waals surface area contributed by atoms with Crippen molar-refractivity contribution in [1.82, 2.24) is 0 Å². The van der Waals surface area contributed by atoms with Crippen LogP contribution in [0.4, 0.5) is 28.4 Å². The van der Waals surface area contributed by atoms with Crippen LogP contribution in [0.15, 0.2) is 261 Å². The number of hydrogen-bond acceptors (Lipinski definition) is 2. The number of anilines is 5. The van der Waals surface area contributed by atoms with E-state index >= 15 is 0 Å². The second-order valence-electron chi connectivity index (χ2n) is 17.8. The van der Waals surface area contributed by atoms with E-state index in [1.807, 2.05) is 0 Å². The minimum Gasteiger partial charge on any atom is -0.311 e. The molecule has 0 radical (unpaired) electrons. The smallest absolute Gasteiger partial charge is 0.0528 e. The van der Waals surface area contributed by atoms with Gasteiger partial charge in [0.05, 0.1) is 5.70 Å². The molecule has 0 aromatic heterocycles. The highest BCUT2D eigenvalue weighted by Crippen LogP contribution is 2.55. The first-order valence-corrected chi connectivity index (χ1v) is 22.9. The van der Waals surface area contributed by atoms with Crippen molar-refractivity contribution >= 4 is 55.6 Å². The molecular formula is C64H50N2. The van der Waals surface area contributed by atoms with Crippen LogP contribution in [0.2, 0.25) is 0 Å². The van der Waals surface area contributed by atoms with Crippen molar-refractivity contribution in [3.8, 4) is 22.3 Å². The molecule has 11 rings (SSSR count). The number of para-hydroxylation sites is 4. The molecule has 0 saturated heterocycles. The van der Waals surface area contributed by atoms with E-state index in [1.165, 1.54) is 66.1 Å². The molecule has 316 valence electrons. The van der Waals surface area contributed by atoms with Crippen molar-refractivity contribution in [2.24, 2.45) is 0 Å². The van der Waals surface area contributed by atoms with Gasteiger partial charge in [0.15, 0.2) is 0 Å². The maximum atomic E-state index is 4.57. The molecule has 2 heteroatoms. The Bertz CT molecular complexity index is 3310. The summed E-state index contributed by atoms with van der Waals surface area (Å²) in [6, 6.07) is 74.6. The van der Waals surface area contributed by atoms with Crippen LogP contribution in [0.5, 0.6) is 0 Å². The lowest BCUT2D eigenvalue weighted by molar-refractivity contribution is 0.666. The van der Waals surface area contributed by atoms with Gasteiger partial charge >= 0.3 is 0 Å². The molecule has 0 unspecified atom stereocenters. The van der Waals surface area contributed by atoms with Crippen LogP contribution in [-0.4, -0.2) is 0 Å². The summed E-state index contributed by atoms with van der Waals surface area (Å²) >= 11 is 0. The molecule has 2 aliphatic carbocycles. The van der Waals surface area contributed by atoms with Gasteiger partial charge < -0.3 is 9.80 Å². The molecule has 2 nitrogen and oxygen atoms in total. The van der Waals surface area contributed by atoms with Gasteiger partial charge in [0.1, 0.15) is 0 Å². The Morgan fingerprint density at radius 1 is 0.439 bits per heavy atom. The number of rotatable bonds is 8. The molecule has 66 heavy (non-hydrogen) atoms. The van der Waals surface area contributed by atoms with Crippen molar-refractivity contribution in [1.29, 1.82) is 0 Å². The fraction of sp³-hybridized carbons (Fsp3) is 0.0625. The monoisotopic (exact) mass is 846 g/mol. The number of allylic oxidation sites excluding steroid dienone is 7. The van der Waals surface area contributed by atoms with Crippen molar-refractivity contribution in [3.05, 3.63) is 277 Å². The largest absolute Gasteiger partial charge is 0.311 e. The Kier molecular flexibility index (Phi) is 10.5. The Balaban J connectivity index is 0.991. The molecule has 0 spiro atoms. The van der Waals surface area contributed by atoms with E-state index in [9.17, 15) is 0 Å². The van der Waals surface area contributed by atoms with Crippen LogP contribution >= 0.6 is 0 Å². The minimum absolute atomic E-state index is 0.244. The van der Waals surface area contributed by atoms with Gasteiger partial charge in [-0.15, -0.1) is 0 Å². The van der Waals surface area contributed by atoms with Gasteiger partial charge in [0.25, 0.3) is 0 Å². The molecule has 0 bridgehead atoms. The number of benzene rings is 9. The van der Waals surface area contributed by atoms with Gasteiger partial charge in [-0.3, -0.25) is 0 Å². The molecule has 0 saturated carbocycles. The normalized spacial score (nSPS) is 16.6. The van der Waals surface area contributed by atoms with E-state index < -0.39 is 0 Å². The highest BCUT2D eigenvalue weighted by molar-refractivity contribution is 6.19. The van der Waals surface area contributed by atoms with E-state index in [1.54, 1.807) is 0 Å². The van der Waals surface area contributed by atoms with Crippen LogP contribution in [-0.2, 0) is 5.41 Å². The molecule has 9 aromatic rings. The minimum atomic E-state index is -0.244. The van der Waals surface area contributed by atoms with Gasteiger partial charge in [-0.05, 0) is 157 Å². The van der Waals surface area contributed by atoms with Crippen LogP contribution < -0.4 is 9.80 Å². The summed E-state index contributed by atoms with van der Waals surface area (Å²) in [7, 11) is 0. The van der Waals surface area contributed by atoms with Crippen molar-refractivity contribution in [2.45, 2.75) is 25.7 Å².